The molecule has 0 aromatic rings. The molecule has 0 radical (unpaired) electrons. The average molecular weight is 1660 g/mol. The van der Waals surface area contributed by atoms with Crippen molar-refractivity contribution in [2.45, 2.75) is 291 Å². The highest BCUT2D eigenvalue weighted by molar-refractivity contribution is 5.86. The van der Waals surface area contributed by atoms with Crippen LogP contribution in [0, 0.1) is 0 Å². The fraction of sp³-hybridized carbons (Fsp3) is 0.760. The van der Waals surface area contributed by atoms with E-state index in [1.807, 2.05) is 0 Å². The molecule has 0 aliphatic carbocycles. The summed E-state index contributed by atoms with van der Waals surface area (Å²) in [5, 5.41) is 13.5. The molecular formula is C75H117N7O34. The van der Waals surface area contributed by atoms with Crippen LogP contribution in [-0.2, 0) is 162 Å². The molecule has 5 N–H and O–H groups in total. The molecule has 7 amide bonds. The van der Waals surface area contributed by atoms with Crippen LogP contribution in [0.5, 0.6) is 0 Å². The number of Topliss-reactive ketones (excluding diaryl/α,β-unsaturated/α-hetero) is 1. The Balaban J connectivity index is 1.82. The molecule has 7 unspecified atom stereocenters. The maximum absolute atomic E-state index is 14.4. The van der Waals surface area contributed by atoms with E-state index in [-0.39, 0.29) is 179 Å². The summed E-state index contributed by atoms with van der Waals surface area (Å²) in [4.78, 5) is 230. The van der Waals surface area contributed by atoms with Crippen molar-refractivity contribution in [2.75, 3.05) is 78.9 Å². The molecule has 116 heavy (non-hydrogen) atoms. The van der Waals surface area contributed by atoms with Crippen molar-refractivity contribution in [1.82, 2.24) is 36.4 Å². The number of nitrogens with zero attached hydrogens (tertiary/aromatic N) is 2. The molecule has 3 aliphatic rings. The predicted octanol–water partition coefficient (Wildman–Crippen LogP) is 0.266. The largest absolute Gasteiger partial charge is 0.463 e. The number of nitrogens with one attached hydrogen (secondary N) is 5. The number of carbonyl (C=O) groups is 18. The first-order valence-electron chi connectivity index (χ1n) is 38.7. The van der Waals surface area contributed by atoms with E-state index in [9.17, 15) is 86.3 Å². The second kappa shape index (κ2) is 53.6. The van der Waals surface area contributed by atoms with Crippen molar-refractivity contribution < 1.29 is 162 Å². The maximum atomic E-state index is 14.4. The van der Waals surface area contributed by atoms with Crippen LogP contribution >= 0.6 is 0 Å². The minimum absolute atomic E-state index is 0.00122. The standard InChI is InChI=1S/C75H117N7O34/c1-15-55(113-62(99)29-28-42(2)83)72(100)82(33-23-31-77-60(97)26-17-20-37-102-74-64(79-44(4)85)70(111-53(13)94)67(108-50(10)91)57(115-74)40-105-47(7)88)35-24-34-81(61(98)27-18-21-38-103-75-65(80-45(5)86)71(112-54(14)95)68(109-51(11)92)58(116-75)41-106-48(8)89)32-22-30-76-59(96)25-16-19-36-101-73-63(78-43(3)84)69(110-52(12)93)66(107-49(9)90)56(114-73)39-104-46(6)87/h55-58,63-71,73-75H,15-41H2,1-14H3,(H,76,96)(H,77,97)(H,78,84)(H,79,85)(H,80,86)/t55?,56?,57?,58?,63?,64?,65?,66-,67-,68-,69+,70+,71+,73+,74+,75+/m0/s1. The summed E-state index contributed by atoms with van der Waals surface area (Å²) < 4.78 is 90.4. The number of ketones is 1. The molecule has 0 spiro atoms. The number of hydrogen-bond acceptors (Lipinski definition) is 34. The Kier molecular flexibility index (Phi) is 46.5. The van der Waals surface area contributed by atoms with Gasteiger partial charge in [0.2, 0.25) is 35.4 Å². The van der Waals surface area contributed by atoms with Crippen LogP contribution in [0.2, 0.25) is 0 Å². The molecule has 0 aromatic carbocycles. The van der Waals surface area contributed by atoms with Crippen LogP contribution in [0.15, 0.2) is 0 Å². The van der Waals surface area contributed by atoms with Gasteiger partial charge in [0.15, 0.2) is 61.6 Å². The number of hydrogen-bond donors (Lipinski definition) is 5. The number of ether oxygens (including phenoxy) is 16. The van der Waals surface area contributed by atoms with Gasteiger partial charge in [-0.05, 0) is 71.1 Å². The lowest BCUT2D eigenvalue weighted by Crippen LogP contribution is -2.66. The van der Waals surface area contributed by atoms with Gasteiger partial charge < -0.3 is 117 Å². The van der Waals surface area contributed by atoms with Crippen molar-refractivity contribution in [3.05, 3.63) is 0 Å². The van der Waals surface area contributed by atoms with E-state index >= 15 is 0 Å². The molecule has 656 valence electrons. The van der Waals surface area contributed by atoms with Gasteiger partial charge in [-0.2, -0.15) is 0 Å². The molecule has 0 saturated carbocycles. The first-order chi connectivity index (χ1) is 54.8. The van der Waals surface area contributed by atoms with Gasteiger partial charge in [0, 0.05) is 168 Å². The summed E-state index contributed by atoms with van der Waals surface area (Å²) in [6.45, 7) is 15.2. The summed E-state index contributed by atoms with van der Waals surface area (Å²) in [6.07, 6.45) is -15.5. The first kappa shape index (κ1) is 101. The Morgan fingerprint density at radius 2 is 0.655 bits per heavy atom. The van der Waals surface area contributed by atoms with Gasteiger partial charge >= 0.3 is 59.7 Å². The fourth-order valence-corrected chi connectivity index (χ4v) is 12.5. The summed E-state index contributed by atoms with van der Waals surface area (Å²) in [6, 6.07) is -3.68. The minimum Gasteiger partial charge on any atom is -0.463 e. The first-order valence-corrected chi connectivity index (χ1v) is 38.7. The molecule has 3 fully saturated rings. The average Bonchev–Trinajstić information content (AvgIpc) is 0.797. The van der Waals surface area contributed by atoms with Crippen molar-refractivity contribution in [1.29, 1.82) is 0 Å². The smallest absolute Gasteiger partial charge is 0.307 e. The molecule has 3 heterocycles. The minimum atomic E-state index is -1.39. The Bertz CT molecular complexity index is 3300. The second-order valence-corrected chi connectivity index (χ2v) is 27.7. The van der Waals surface area contributed by atoms with Crippen LogP contribution < -0.4 is 26.6 Å². The number of carbonyl (C=O) groups excluding carboxylic acids is 18. The lowest BCUT2D eigenvalue weighted by atomic mass is 9.96. The van der Waals surface area contributed by atoms with Crippen molar-refractivity contribution >= 4 is 107 Å². The molecule has 0 aromatic heterocycles. The van der Waals surface area contributed by atoms with Gasteiger partial charge in [0.25, 0.3) is 5.91 Å². The molecule has 41 nitrogen and oxygen atoms in total. The van der Waals surface area contributed by atoms with Crippen molar-refractivity contribution in [3.63, 3.8) is 0 Å². The van der Waals surface area contributed by atoms with Crippen LogP contribution in [0.4, 0.5) is 0 Å². The van der Waals surface area contributed by atoms with Gasteiger partial charge in [0.05, 0.1) is 6.42 Å². The van der Waals surface area contributed by atoms with Gasteiger partial charge in [-0.3, -0.25) is 81.5 Å². The van der Waals surface area contributed by atoms with Gasteiger partial charge in [0.1, 0.15) is 62.0 Å². The third-order valence-corrected chi connectivity index (χ3v) is 17.4. The molecule has 3 rings (SSSR count). The van der Waals surface area contributed by atoms with Crippen LogP contribution in [0.3, 0.4) is 0 Å². The highest BCUT2D eigenvalue weighted by atomic mass is 16.7. The zero-order valence-corrected chi connectivity index (χ0v) is 68.6. The highest BCUT2D eigenvalue weighted by Crippen LogP contribution is 2.32. The van der Waals surface area contributed by atoms with E-state index in [1.165, 1.54) is 32.6 Å². The van der Waals surface area contributed by atoms with Crippen LogP contribution in [0.1, 0.15) is 193 Å². The molecular weight excluding hydrogens is 1540 g/mol. The monoisotopic (exact) mass is 1660 g/mol. The highest BCUT2D eigenvalue weighted by Gasteiger charge is 2.54. The summed E-state index contributed by atoms with van der Waals surface area (Å²) in [7, 11) is 0. The zero-order valence-electron chi connectivity index (χ0n) is 68.6. The van der Waals surface area contributed by atoms with Crippen LogP contribution in [0.25, 0.3) is 0 Å². The Morgan fingerprint density at radius 1 is 0.345 bits per heavy atom. The molecule has 0 bridgehead atoms. The Labute approximate surface area is 673 Å². The van der Waals surface area contributed by atoms with E-state index in [1.54, 1.807) is 11.8 Å². The van der Waals surface area contributed by atoms with Crippen molar-refractivity contribution in [3.8, 4) is 0 Å². The van der Waals surface area contributed by atoms with Crippen molar-refractivity contribution in [2.24, 2.45) is 0 Å². The Hall–Kier alpha value is -9.58. The lowest BCUT2D eigenvalue weighted by molar-refractivity contribution is -0.277. The molecule has 3 aliphatic heterocycles. The molecule has 16 atom stereocenters. The van der Waals surface area contributed by atoms with E-state index < -0.39 is 201 Å². The molecule has 41 heteroatoms. The van der Waals surface area contributed by atoms with E-state index in [0.29, 0.717) is 0 Å². The number of rotatable bonds is 51. The maximum Gasteiger partial charge on any atom is 0.307 e. The fourth-order valence-electron chi connectivity index (χ4n) is 12.5. The Morgan fingerprint density at radius 3 is 0.966 bits per heavy atom. The molecule has 3 saturated heterocycles. The third-order valence-electron chi connectivity index (χ3n) is 17.4. The van der Waals surface area contributed by atoms with Gasteiger partial charge in [-0.25, -0.2) is 0 Å². The zero-order chi connectivity index (χ0) is 86.7. The topological polar surface area (TPSA) is 522 Å². The summed E-state index contributed by atoms with van der Waals surface area (Å²) in [5.74, 6) is -11.4. The summed E-state index contributed by atoms with van der Waals surface area (Å²) in [5.41, 5.74) is 0. The number of unbranched alkanes of at least 4 members (excludes halogenated alkanes) is 3. The SMILES string of the molecule is CCC(OC(=O)CCC(C)=O)C(=O)N(CCCNC(=O)CCCCO[C@@H]1OC(COC(C)=O)[C@H](OC(C)=O)[C@H](OC(C)=O)C1NC(C)=O)CCCN(CCCNC(=O)CCCCO[C@@H]1OC(COC(C)=O)[C@H](OC(C)=O)[C@H](OC(C)=O)C1NC(C)=O)C(=O)CCCCO[C@@H]1OC(COC(C)=O)[C@H](OC(C)=O)[C@H](OC(C)=O)C1NC(C)=O. The number of amides is 7. The van der Waals surface area contributed by atoms with Gasteiger partial charge in [-0.1, -0.05) is 6.92 Å². The normalized spacial score (nSPS) is 23.0. The van der Waals surface area contributed by atoms with E-state index in [2.05, 4.69) is 26.6 Å². The predicted molar refractivity (Wildman–Crippen MR) is 395 cm³/mol. The lowest BCUT2D eigenvalue weighted by Gasteiger charge is -2.44. The number of esters is 10. The quantitative estimate of drug-likeness (QED) is 0.0310. The second-order valence-electron chi connectivity index (χ2n) is 27.7. The van der Waals surface area contributed by atoms with E-state index in [0.717, 1.165) is 62.3 Å². The van der Waals surface area contributed by atoms with E-state index in [4.69, 9.17) is 75.8 Å². The summed E-state index contributed by atoms with van der Waals surface area (Å²) >= 11 is 0. The third kappa shape index (κ3) is 39.4. The van der Waals surface area contributed by atoms with Gasteiger partial charge in [-0.15, -0.1) is 0 Å². The van der Waals surface area contributed by atoms with Crippen LogP contribution in [-0.4, -0.2) is 294 Å².